The van der Waals surface area contributed by atoms with Crippen molar-refractivity contribution >= 4 is 25.8 Å². The molecule has 3 aromatic rings. The maximum absolute atomic E-state index is 4.45. The molecule has 20 heavy (non-hydrogen) atoms. The van der Waals surface area contributed by atoms with Gasteiger partial charge in [-0.3, -0.25) is 4.98 Å². The third-order valence-corrected chi connectivity index (χ3v) is 3.23. The fraction of sp³-hybridized carbons (Fsp3) is 0.0556. The Labute approximate surface area is 138 Å². The summed E-state index contributed by atoms with van der Waals surface area (Å²) in [5.41, 5.74) is 5.91. The number of aromatic nitrogens is 1. The summed E-state index contributed by atoms with van der Waals surface area (Å²) in [6.07, 6.45) is 1.83. The Morgan fingerprint density at radius 1 is 0.700 bits per heavy atom. The Kier molecular flexibility index (Phi) is 5.02. The summed E-state index contributed by atoms with van der Waals surface area (Å²) in [4.78, 5) is 4.45. The van der Waals surface area contributed by atoms with E-state index in [2.05, 4.69) is 60.4 Å². The number of aryl methyl sites for hydroxylation is 1. The smallest absolute Gasteiger partial charge is 0.0708 e. The molecule has 0 spiro atoms. The minimum absolute atomic E-state index is 0. The second-order valence-electron chi connectivity index (χ2n) is 4.63. The van der Waals surface area contributed by atoms with Crippen LogP contribution in [0, 0.1) is 6.92 Å². The van der Waals surface area contributed by atoms with Gasteiger partial charge in [0.2, 0.25) is 0 Å². The summed E-state index contributed by atoms with van der Waals surface area (Å²) in [7, 11) is 0. The zero-order valence-electron chi connectivity index (χ0n) is 11.5. The van der Waals surface area contributed by atoms with Crippen molar-refractivity contribution in [1.29, 1.82) is 0 Å². The first kappa shape index (κ1) is 14.9. The molecule has 0 N–H and O–H groups in total. The van der Waals surface area contributed by atoms with Gasteiger partial charge in [-0.15, -0.1) is 0 Å². The van der Waals surface area contributed by atoms with E-state index in [1.54, 1.807) is 0 Å². The Balaban J connectivity index is 0.00000147. The second-order valence-corrected chi connectivity index (χ2v) is 4.63. The van der Waals surface area contributed by atoms with Crippen molar-refractivity contribution in [1.82, 2.24) is 4.98 Å². The van der Waals surface area contributed by atoms with Crippen LogP contribution in [-0.2, 0) is 0 Å². The first-order chi connectivity index (χ1) is 9.34. The number of rotatable bonds is 2. The molecule has 2 aromatic carbocycles. The van der Waals surface area contributed by atoms with E-state index in [9.17, 15) is 0 Å². The van der Waals surface area contributed by atoms with Gasteiger partial charge in [-0.25, -0.2) is 0 Å². The number of nitrogens with zero attached hydrogens (tertiary/aromatic N) is 1. The van der Waals surface area contributed by atoms with Gasteiger partial charge < -0.3 is 0 Å². The largest absolute Gasteiger partial charge is 0.256 e. The summed E-state index contributed by atoms with van der Waals surface area (Å²) in [5.74, 6) is 0. The maximum atomic E-state index is 4.45. The summed E-state index contributed by atoms with van der Waals surface area (Å²) < 4.78 is 0. The van der Waals surface area contributed by atoms with Crippen molar-refractivity contribution in [3.05, 3.63) is 78.5 Å². The van der Waals surface area contributed by atoms with Crippen LogP contribution >= 0.6 is 0 Å². The molecule has 0 aliphatic carbocycles. The van der Waals surface area contributed by atoms with E-state index >= 15 is 0 Å². The van der Waals surface area contributed by atoms with E-state index in [0.717, 1.165) is 5.69 Å². The van der Waals surface area contributed by atoms with Crippen molar-refractivity contribution < 1.29 is 0 Å². The standard InChI is InChI=1S/C18H15N.In/c1-14-9-11-15(12-10-14)16-6-2-3-7-17(16)18-8-4-5-13-19-18;/h2-13H,1H3;. The molecule has 1 nitrogen and oxygen atoms in total. The Morgan fingerprint density at radius 3 is 2.00 bits per heavy atom. The van der Waals surface area contributed by atoms with E-state index in [1.165, 1.54) is 22.3 Å². The molecule has 1 heterocycles. The van der Waals surface area contributed by atoms with Gasteiger partial charge in [0.05, 0.1) is 5.69 Å². The van der Waals surface area contributed by atoms with E-state index in [-0.39, 0.29) is 25.8 Å². The minimum atomic E-state index is 0. The van der Waals surface area contributed by atoms with Crippen molar-refractivity contribution in [2.75, 3.05) is 0 Å². The minimum Gasteiger partial charge on any atom is -0.256 e. The molecule has 0 aliphatic heterocycles. The monoisotopic (exact) mass is 360 g/mol. The van der Waals surface area contributed by atoms with Gasteiger partial charge in [-0.2, -0.15) is 0 Å². The fourth-order valence-corrected chi connectivity index (χ4v) is 2.21. The van der Waals surface area contributed by atoms with Gasteiger partial charge in [-0.05, 0) is 30.2 Å². The van der Waals surface area contributed by atoms with Gasteiger partial charge >= 0.3 is 0 Å². The SMILES string of the molecule is Cc1ccc(-c2ccccc2-c2ccccn2)cc1.[In]. The first-order valence-corrected chi connectivity index (χ1v) is 6.42. The van der Waals surface area contributed by atoms with Gasteiger partial charge in [-0.1, -0.05) is 60.2 Å². The van der Waals surface area contributed by atoms with E-state index < -0.39 is 0 Å². The molecule has 0 saturated carbocycles. The molecule has 0 unspecified atom stereocenters. The maximum Gasteiger partial charge on any atom is 0.0708 e. The van der Waals surface area contributed by atoms with E-state index in [0.29, 0.717) is 0 Å². The average molecular weight is 360 g/mol. The van der Waals surface area contributed by atoms with Gasteiger partial charge in [0.1, 0.15) is 0 Å². The Morgan fingerprint density at radius 2 is 1.35 bits per heavy atom. The predicted molar refractivity (Wildman–Crippen MR) is 85.6 cm³/mol. The Hall–Kier alpha value is -1.54. The van der Waals surface area contributed by atoms with Crippen molar-refractivity contribution in [2.45, 2.75) is 6.92 Å². The molecular formula is C18H15InN. The van der Waals surface area contributed by atoms with Gasteiger partial charge in [0.25, 0.3) is 0 Å². The van der Waals surface area contributed by atoms with Gasteiger partial charge in [0, 0.05) is 37.6 Å². The Bertz CT molecular complexity index is 675. The van der Waals surface area contributed by atoms with Crippen LogP contribution in [0.15, 0.2) is 72.9 Å². The van der Waals surface area contributed by atoms with Crippen LogP contribution in [0.1, 0.15) is 5.56 Å². The summed E-state index contributed by atoms with van der Waals surface area (Å²) in [6.45, 7) is 2.11. The van der Waals surface area contributed by atoms with E-state index in [1.807, 2.05) is 24.4 Å². The van der Waals surface area contributed by atoms with Crippen molar-refractivity contribution in [3.8, 4) is 22.4 Å². The number of hydrogen-bond acceptors (Lipinski definition) is 1. The van der Waals surface area contributed by atoms with E-state index in [4.69, 9.17) is 0 Å². The number of hydrogen-bond donors (Lipinski definition) is 0. The predicted octanol–water partition coefficient (Wildman–Crippen LogP) is 4.34. The zero-order valence-corrected chi connectivity index (χ0v) is 14.7. The zero-order chi connectivity index (χ0) is 13.1. The average Bonchev–Trinajstić information content (AvgIpc) is 2.49. The fourth-order valence-electron chi connectivity index (χ4n) is 2.21. The third kappa shape index (κ3) is 3.13. The second kappa shape index (κ2) is 6.76. The molecule has 2 heteroatoms. The van der Waals surface area contributed by atoms with Crippen LogP contribution in [0.25, 0.3) is 22.4 Å². The van der Waals surface area contributed by atoms with Crippen LogP contribution in [0.3, 0.4) is 0 Å². The van der Waals surface area contributed by atoms with Crippen LogP contribution < -0.4 is 0 Å². The van der Waals surface area contributed by atoms with Crippen LogP contribution in [-0.4, -0.2) is 30.8 Å². The molecule has 0 bridgehead atoms. The van der Waals surface area contributed by atoms with Crippen LogP contribution in [0.5, 0.6) is 0 Å². The third-order valence-electron chi connectivity index (χ3n) is 3.23. The molecule has 0 aliphatic rings. The van der Waals surface area contributed by atoms with Crippen LogP contribution in [0.4, 0.5) is 0 Å². The van der Waals surface area contributed by atoms with Crippen molar-refractivity contribution in [3.63, 3.8) is 0 Å². The van der Waals surface area contributed by atoms with Crippen molar-refractivity contribution in [2.24, 2.45) is 0 Å². The summed E-state index contributed by atoms with van der Waals surface area (Å²) in [5, 5.41) is 0. The summed E-state index contributed by atoms with van der Waals surface area (Å²) in [6, 6.07) is 23.0. The molecule has 0 atom stereocenters. The summed E-state index contributed by atoms with van der Waals surface area (Å²) >= 11 is 0. The normalized spacial score (nSPS) is 9.85. The first-order valence-electron chi connectivity index (χ1n) is 6.42. The molecule has 0 fully saturated rings. The molecule has 1 aromatic heterocycles. The van der Waals surface area contributed by atoms with Crippen LogP contribution in [0.2, 0.25) is 0 Å². The molecule has 0 saturated heterocycles. The topological polar surface area (TPSA) is 12.9 Å². The van der Waals surface area contributed by atoms with Gasteiger partial charge in [0.15, 0.2) is 0 Å². The molecule has 3 radical (unpaired) electrons. The molecule has 95 valence electrons. The number of pyridine rings is 1. The molecule has 3 rings (SSSR count). The number of benzene rings is 2. The quantitative estimate of drug-likeness (QED) is 0.663. The molecule has 0 amide bonds. The molecular weight excluding hydrogens is 345 g/mol.